The van der Waals surface area contributed by atoms with Gasteiger partial charge in [-0.15, -0.1) is 0 Å². The summed E-state index contributed by atoms with van der Waals surface area (Å²) in [6.07, 6.45) is 0. The van der Waals surface area contributed by atoms with Gasteiger partial charge in [0.05, 0.1) is 0 Å². The molecule has 0 fully saturated rings. The van der Waals surface area contributed by atoms with E-state index in [0.29, 0.717) is 17.5 Å². The second-order valence-corrected chi connectivity index (χ2v) is 5.64. The number of rotatable bonds is 4. The predicted octanol–water partition coefficient (Wildman–Crippen LogP) is 3.98. The summed E-state index contributed by atoms with van der Waals surface area (Å²) < 4.78 is 0. The molecule has 0 saturated heterocycles. The molecule has 0 unspecified atom stereocenters. The summed E-state index contributed by atoms with van der Waals surface area (Å²) in [5.41, 5.74) is 1.78. The van der Waals surface area contributed by atoms with Gasteiger partial charge in [-0.2, -0.15) is 0 Å². The van der Waals surface area contributed by atoms with Crippen LogP contribution in [0.4, 0.5) is 22.1 Å². The number of carbonyl (C=O) groups excluding carboxylic acids is 1. The van der Waals surface area contributed by atoms with Crippen molar-refractivity contribution in [3.8, 4) is 11.4 Å². The normalized spacial score (nSPS) is 10.2. The van der Waals surface area contributed by atoms with Crippen LogP contribution < -0.4 is 10.6 Å². The highest BCUT2D eigenvalue weighted by molar-refractivity contribution is 5.88. The number of hydrogen-bond donors (Lipinski definition) is 2. The lowest BCUT2D eigenvalue weighted by molar-refractivity contribution is 0.230. The topological polar surface area (TPSA) is 70.2 Å². The largest absolute Gasteiger partial charge is 0.340 e. The van der Waals surface area contributed by atoms with Gasteiger partial charge < -0.3 is 10.2 Å². The Bertz CT molecular complexity index is 850. The molecule has 2 N–H and O–H groups in total. The molecule has 1 aromatic heterocycles. The zero-order chi connectivity index (χ0) is 17.6. The van der Waals surface area contributed by atoms with E-state index in [2.05, 4.69) is 20.6 Å². The van der Waals surface area contributed by atoms with E-state index >= 15 is 0 Å². The van der Waals surface area contributed by atoms with E-state index in [1.54, 1.807) is 20.2 Å². The zero-order valence-electron chi connectivity index (χ0n) is 14.1. The monoisotopic (exact) mass is 333 g/mol. The summed E-state index contributed by atoms with van der Waals surface area (Å²) in [4.78, 5) is 22.4. The Morgan fingerprint density at radius 2 is 1.48 bits per heavy atom. The van der Waals surface area contributed by atoms with Crippen LogP contribution in [0.2, 0.25) is 0 Å². The lowest BCUT2D eigenvalue weighted by Gasteiger charge is -2.14. The molecule has 0 spiro atoms. The van der Waals surface area contributed by atoms with E-state index in [1.807, 2.05) is 60.7 Å². The van der Waals surface area contributed by atoms with E-state index in [9.17, 15) is 4.79 Å². The predicted molar refractivity (Wildman–Crippen MR) is 99.9 cm³/mol. The Balaban J connectivity index is 1.97. The van der Waals surface area contributed by atoms with Crippen molar-refractivity contribution in [2.75, 3.05) is 24.7 Å². The third-order valence-corrected chi connectivity index (χ3v) is 3.45. The summed E-state index contributed by atoms with van der Waals surface area (Å²) in [5.74, 6) is 1.58. The van der Waals surface area contributed by atoms with Crippen molar-refractivity contribution in [1.82, 2.24) is 14.9 Å². The molecule has 1 heterocycles. The lowest BCUT2D eigenvalue weighted by Crippen LogP contribution is -2.27. The molecule has 6 nitrogen and oxygen atoms in total. The zero-order valence-corrected chi connectivity index (χ0v) is 14.1. The maximum absolute atomic E-state index is 12.0. The first-order valence-electron chi connectivity index (χ1n) is 7.87. The molecule has 0 aliphatic heterocycles. The molecule has 0 radical (unpaired) electrons. The molecule has 6 heteroatoms. The van der Waals surface area contributed by atoms with E-state index in [-0.39, 0.29) is 6.03 Å². The number of anilines is 3. The van der Waals surface area contributed by atoms with Crippen LogP contribution in [0, 0.1) is 0 Å². The Morgan fingerprint density at radius 3 is 2.12 bits per heavy atom. The minimum absolute atomic E-state index is 0.247. The molecule has 2 aromatic carbocycles. The van der Waals surface area contributed by atoms with E-state index in [0.717, 1.165) is 11.3 Å². The van der Waals surface area contributed by atoms with Crippen LogP contribution in [0.1, 0.15) is 0 Å². The Hall–Kier alpha value is -3.41. The van der Waals surface area contributed by atoms with Gasteiger partial charge in [-0.25, -0.2) is 14.8 Å². The summed E-state index contributed by atoms with van der Waals surface area (Å²) in [5, 5.41) is 6.01. The SMILES string of the molecule is CN(C)C(=O)Nc1cc(Nc2ccccc2)nc(-c2ccccc2)n1. The van der Waals surface area contributed by atoms with Gasteiger partial charge in [-0.3, -0.25) is 5.32 Å². The van der Waals surface area contributed by atoms with Crippen LogP contribution in [0.5, 0.6) is 0 Å². The number of nitrogens with one attached hydrogen (secondary N) is 2. The number of aromatic nitrogens is 2. The number of nitrogens with zero attached hydrogens (tertiary/aromatic N) is 3. The van der Waals surface area contributed by atoms with Crippen molar-refractivity contribution in [3.05, 3.63) is 66.7 Å². The first kappa shape index (κ1) is 16.4. The van der Waals surface area contributed by atoms with Crippen molar-refractivity contribution in [2.24, 2.45) is 0 Å². The number of benzene rings is 2. The third kappa shape index (κ3) is 4.32. The van der Waals surface area contributed by atoms with Gasteiger partial charge in [0.1, 0.15) is 11.6 Å². The molecule has 2 amide bonds. The van der Waals surface area contributed by atoms with Crippen LogP contribution in [0.3, 0.4) is 0 Å². The number of carbonyl (C=O) groups is 1. The molecule has 0 aliphatic rings. The smallest absolute Gasteiger partial charge is 0.322 e. The number of urea groups is 1. The van der Waals surface area contributed by atoms with Crippen LogP contribution in [-0.4, -0.2) is 35.0 Å². The summed E-state index contributed by atoms with van der Waals surface area (Å²) in [6.45, 7) is 0. The fourth-order valence-corrected chi connectivity index (χ4v) is 2.18. The van der Waals surface area contributed by atoms with Gasteiger partial charge in [0.2, 0.25) is 0 Å². The van der Waals surface area contributed by atoms with Gasteiger partial charge in [-0.1, -0.05) is 48.5 Å². The molecule has 0 aliphatic carbocycles. The average Bonchev–Trinajstić information content (AvgIpc) is 2.63. The van der Waals surface area contributed by atoms with Crippen molar-refractivity contribution < 1.29 is 4.79 Å². The highest BCUT2D eigenvalue weighted by atomic mass is 16.2. The average molecular weight is 333 g/mol. The first-order chi connectivity index (χ1) is 12.1. The van der Waals surface area contributed by atoms with Gasteiger partial charge in [0.15, 0.2) is 5.82 Å². The Labute approximate surface area is 146 Å². The molecule has 3 rings (SSSR count). The van der Waals surface area contributed by atoms with Gasteiger partial charge in [0.25, 0.3) is 0 Å². The van der Waals surface area contributed by atoms with E-state index in [4.69, 9.17) is 0 Å². The minimum Gasteiger partial charge on any atom is -0.340 e. The minimum atomic E-state index is -0.247. The van der Waals surface area contributed by atoms with Gasteiger partial charge in [-0.05, 0) is 12.1 Å². The Kier molecular flexibility index (Phi) is 4.89. The summed E-state index contributed by atoms with van der Waals surface area (Å²) >= 11 is 0. The lowest BCUT2D eigenvalue weighted by atomic mass is 10.2. The molecule has 0 atom stereocenters. The molecule has 25 heavy (non-hydrogen) atoms. The maximum atomic E-state index is 12.0. The quantitative estimate of drug-likeness (QED) is 0.757. The highest BCUT2D eigenvalue weighted by Gasteiger charge is 2.10. The highest BCUT2D eigenvalue weighted by Crippen LogP contribution is 2.22. The molecule has 3 aromatic rings. The molecular weight excluding hydrogens is 314 g/mol. The van der Waals surface area contributed by atoms with Gasteiger partial charge in [0, 0.05) is 31.4 Å². The number of hydrogen-bond acceptors (Lipinski definition) is 4. The summed E-state index contributed by atoms with van der Waals surface area (Å²) in [7, 11) is 3.36. The molecular formula is C19H19N5O. The van der Waals surface area contributed by atoms with Crippen molar-refractivity contribution in [1.29, 1.82) is 0 Å². The van der Waals surface area contributed by atoms with E-state index < -0.39 is 0 Å². The second kappa shape index (κ2) is 7.44. The fraction of sp³-hybridized carbons (Fsp3) is 0.105. The van der Waals surface area contributed by atoms with Crippen molar-refractivity contribution in [3.63, 3.8) is 0 Å². The molecule has 0 saturated carbocycles. The fourth-order valence-electron chi connectivity index (χ4n) is 2.18. The van der Waals surface area contributed by atoms with E-state index in [1.165, 1.54) is 4.90 Å². The van der Waals surface area contributed by atoms with Crippen LogP contribution in [-0.2, 0) is 0 Å². The van der Waals surface area contributed by atoms with Crippen LogP contribution in [0.15, 0.2) is 66.7 Å². The molecule has 0 bridgehead atoms. The van der Waals surface area contributed by atoms with Crippen LogP contribution in [0.25, 0.3) is 11.4 Å². The second-order valence-electron chi connectivity index (χ2n) is 5.64. The molecule has 126 valence electrons. The standard InChI is InChI=1S/C19H19N5O/c1-24(2)19(25)23-17-13-16(20-15-11-7-4-8-12-15)21-18(22-17)14-9-5-3-6-10-14/h3-13H,1-2H3,(H2,20,21,22,23,25). The van der Waals surface area contributed by atoms with Crippen molar-refractivity contribution in [2.45, 2.75) is 0 Å². The number of para-hydroxylation sites is 1. The number of amides is 2. The summed E-state index contributed by atoms with van der Waals surface area (Å²) in [6, 6.07) is 20.8. The van der Waals surface area contributed by atoms with Gasteiger partial charge >= 0.3 is 6.03 Å². The van der Waals surface area contributed by atoms with Crippen LogP contribution >= 0.6 is 0 Å². The Morgan fingerprint density at radius 1 is 0.880 bits per heavy atom. The maximum Gasteiger partial charge on any atom is 0.322 e. The third-order valence-electron chi connectivity index (χ3n) is 3.45. The van der Waals surface area contributed by atoms with Crippen molar-refractivity contribution >= 4 is 23.4 Å². The first-order valence-corrected chi connectivity index (χ1v) is 7.87.